The first-order chi connectivity index (χ1) is 11.7. The smallest absolute Gasteiger partial charge is 0.189 e. The molecule has 1 aromatic rings. The van der Waals surface area contributed by atoms with Crippen molar-refractivity contribution in [1.29, 1.82) is 0 Å². The topological polar surface area (TPSA) is 58.5 Å². The fourth-order valence-electron chi connectivity index (χ4n) is 1.98. The summed E-state index contributed by atoms with van der Waals surface area (Å²) in [6, 6.07) is 3.92. The molecule has 6 nitrogen and oxygen atoms in total. The Balaban J connectivity index is 2.31. The lowest BCUT2D eigenvalue weighted by Crippen LogP contribution is -2.11. The van der Waals surface area contributed by atoms with Gasteiger partial charge >= 0.3 is 0 Å². The molecular formula is C18H27NO5. The second kappa shape index (κ2) is 12.4. The van der Waals surface area contributed by atoms with Gasteiger partial charge in [0.1, 0.15) is 25.2 Å². The number of benzene rings is 1. The van der Waals surface area contributed by atoms with Gasteiger partial charge in [0.25, 0.3) is 0 Å². The summed E-state index contributed by atoms with van der Waals surface area (Å²) in [7, 11) is 1.49. The molecule has 0 saturated heterocycles. The van der Waals surface area contributed by atoms with Crippen LogP contribution in [-0.2, 0) is 14.3 Å². The molecule has 0 radical (unpaired) electrons. The second-order valence-electron chi connectivity index (χ2n) is 4.98. The van der Waals surface area contributed by atoms with Crippen molar-refractivity contribution in [1.82, 2.24) is 0 Å². The highest BCUT2D eigenvalue weighted by molar-refractivity contribution is 5.57. The van der Waals surface area contributed by atoms with Crippen molar-refractivity contribution in [2.75, 3.05) is 40.3 Å². The highest BCUT2D eigenvalue weighted by atomic mass is 16.7. The molecule has 0 fully saturated rings. The molecule has 0 aliphatic carbocycles. The molecule has 0 spiro atoms. The molecule has 0 unspecified atom stereocenters. The van der Waals surface area contributed by atoms with Gasteiger partial charge in [-0.15, -0.1) is 0 Å². The summed E-state index contributed by atoms with van der Waals surface area (Å²) in [6.45, 7) is 7.99. The van der Waals surface area contributed by atoms with Crippen molar-refractivity contribution < 1.29 is 23.8 Å². The van der Waals surface area contributed by atoms with E-state index in [4.69, 9.17) is 18.9 Å². The molecule has 0 bridgehead atoms. The number of hydrogen-bond donors (Lipinski definition) is 0. The first kappa shape index (κ1) is 20.0. The average Bonchev–Trinajstić information content (AvgIpc) is 2.55. The van der Waals surface area contributed by atoms with E-state index in [1.165, 1.54) is 7.11 Å². The van der Waals surface area contributed by atoms with Gasteiger partial charge in [0.2, 0.25) is 0 Å². The lowest BCUT2D eigenvalue weighted by Gasteiger charge is -2.14. The third-order valence-corrected chi connectivity index (χ3v) is 3.05. The van der Waals surface area contributed by atoms with Crippen LogP contribution in [0, 0.1) is 13.8 Å². The summed E-state index contributed by atoms with van der Waals surface area (Å²) in [5.74, 6) is 1.66. The summed E-state index contributed by atoms with van der Waals surface area (Å²) in [5, 5.41) is 3.57. The van der Waals surface area contributed by atoms with E-state index in [2.05, 4.69) is 9.99 Å². The molecule has 24 heavy (non-hydrogen) atoms. The third kappa shape index (κ3) is 7.99. The molecule has 0 aliphatic rings. The molecule has 1 aromatic carbocycles. The molecule has 0 N–H and O–H groups in total. The Kier molecular flexibility index (Phi) is 10.3. The minimum Gasteiger partial charge on any atom is -0.490 e. The highest BCUT2D eigenvalue weighted by Crippen LogP contribution is 2.28. The van der Waals surface area contributed by atoms with Gasteiger partial charge in [0, 0.05) is 0 Å². The molecule has 6 heteroatoms. The highest BCUT2D eigenvalue weighted by Gasteiger charge is 2.07. The van der Waals surface area contributed by atoms with Crippen molar-refractivity contribution in [2.45, 2.75) is 20.8 Å². The zero-order chi connectivity index (χ0) is 17.6. The predicted octanol–water partition coefficient (Wildman–Crippen LogP) is 3.26. The van der Waals surface area contributed by atoms with Gasteiger partial charge in [-0.2, -0.15) is 0 Å². The Morgan fingerprint density at radius 3 is 2.38 bits per heavy atom. The summed E-state index contributed by atoms with van der Waals surface area (Å²) in [6.07, 6.45) is 5.47. The van der Waals surface area contributed by atoms with Crippen LogP contribution in [0.4, 0.5) is 0 Å². The number of hydrogen-bond acceptors (Lipinski definition) is 6. The Morgan fingerprint density at radius 1 is 1.00 bits per heavy atom. The van der Waals surface area contributed by atoms with E-state index in [0.717, 1.165) is 22.6 Å². The van der Waals surface area contributed by atoms with Crippen molar-refractivity contribution in [3.63, 3.8) is 0 Å². The number of rotatable bonds is 12. The lowest BCUT2D eigenvalue weighted by molar-refractivity contribution is -0.0121. The largest absolute Gasteiger partial charge is 0.490 e. The van der Waals surface area contributed by atoms with Crippen molar-refractivity contribution in [3.8, 4) is 11.5 Å². The average molecular weight is 337 g/mol. The maximum atomic E-state index is 5.70. The zero-order valence-corrected chi connectivity index (χ0v) is 14.9. The van der Waals surface area contributed by atoms with E-state index in [-0.39, 0.29) is 6.79 Å². The van der Waals surface area contributed by atoms with Gasteiger partial charge < -0.3 is 23.8 Å². The van der Waals surface area contributed by atoms with Gasteiger partial charge in [-0.1, -0.05) is 17.3 Å². The maximum Gasteiger partial charge on any atom is 0.189 e. The number of oxime groups is 1. The Morgan fingerprint density at radius 2 is 1.71 bits per heavy atom. The fraction of sp³-hybridized carbons (Fsp3) is 0.500. The number of aryl methyl sites for hydroxylation is 2. The first-order valence-corrected chi connectivity index (χ1v) is 7.87. The molecule has 1 rings (SSSR count). The van der Waals surface area contributed by atoms with E-state index in [1.54, 1.807) is 6.21 Å². The normalized spacial score (nSPS) is 11.3. The van der Waals surface area contributed by atoms with Crippen LogP contribution in [0.2, 0.25) is 0 Å². The van der Waals surface area contributed by atoms with E-state index < -0.39 is 0 Å². The maximum absolute atomic E-state index is 5.70. The van der Waals surface area contributed by atoms with E-state index >= 15 is 0 Å². The molecule has 0 saturated carbocycles. The van der Waals surface area contributed by atoms with Crippen molar-refractivity contribution in [3.05, 3.63) is 35.4 Å². The van der Waals surface area contributed by atoms with Gasteiger partial charge in [-0.05, 0) is 44.0 Å². The molecule has 134 valence electrons. The predicted molar refractivity (Wildman–Crippen MR) is 94.0 cm³/mol. The van der Waals surface area contributed by atoms with Gasteiger partial charge in [0.15, 0.2) is 6.79 Å². The molecular weight excluding hydrogens is 310 g/mol. The van der Waals surface area contributed by atoms with Crippen molar-refractivity contribution in [2.24, 2.45) is 5.16 Å². The summed E-state index contributed by atoms with van der Waals surface area (Å²) in [4.78, 5) is 4.52. The molecule has 0 amide bonds. The van der Waals surface area contributed by atoms with Crippen LogP contribution in [0.3, 0.4) is 0 Å². The van der Waals surface area contributed by atoms with Crippen LogP contribution in [0.25, 0.3) is 0 Å². The van der Waals surface area contributed by atoms with Crippen LogP contribution >= 0.6 is 0 Å². The SMILES string of the molecule is C/C=C/COc1cc(C)c(OCOCCOC/C=N/OC)c(C)c1. The summed E-state index contributed by atoms with van der Waals surface area (Å²) >= 11 is 0. The molecule has 0 aromatic heterocycles. The number of ether oxygens (including phenoxy) is 4. The number of nitrogens with zero attached hydrogens (tertiary/aromatic N) is 1. The Bertz CT molecular complexity index is 505. The zero-order valence-electron chi connectivity index (χ0n) is 14.9. The summed E-state index contributed by atoms with van der Waals surface area (Å²) < 4.78 is 22.0. The molecule has 0 atom stereocenters. The van der Waals surface area contributed by atoms with Gasteiger partial charge in [-0.25, -0.2) is 0 Å². The van der Waals surface area contributed by atoms with E-state index in [9.17, 15) is 0 Å². The van der Waals surface area contributed by atoms with Crippen LogP contribution in [-0.4, -0.2) is 46.5 Å². The Labute approximate surface area is 144 Å². The summed E-state index contributed by atoms with van der Waals surface area (Å²) in [5.41, 5.74) is 2.03. The van der Waals surface area contributed by atoms with E-state index in [1.807, 2.05) is 45.1 Å². The van der Waals surface area contributed by atoms with Crippen LogP contribution in [0.5, 0.6) is 11.5 Å². The first-order valence-electron chi connectivity index (χ1n) is 7.87. The Hall–Kier alpha value is -2.05. The van der Waals surface area contributed by atoms with Gasteiger partial charge in [0.05, 0.1) is 26.0 Å². The van der Waals surface area contributed by atoms with Crippen molar-refractivity contribution >= 4 is 6.21 Å². The van der Waals surface area contributed by atoms with Gasteiger partial charge in [-0.3, -0.25) is 0 Å². The van der Waals surface area contributed by atoms with Crippen LogP contribution in [0.1, 0.15) is 18.1 Å². The quantitative estimate of drug-likeness (QED) is 0.193. The van der Waals surface area contributed by atoms with E-state index in [0.29, 0.717) is 26.4 Å². The molecule has 0 heterocycles. The molecule has 0 aliphatic heterocycles. The third-order valence-electron chi connectivity index (χ3n) is 3.05. The fourth-order valence-corrected chi connectivity index (χ4v) is 1.98. The van der Waals surface area contributed by atoms with Crippen LogP contribution < -0.4 is 9.47 Å². The standard InChI is InChI=1S/C18H27NO5/c1-5-6-8-23-17-12-15(2)18(16(3)13-17)24-14-22-11-10-21-9-7-19-20-4/h5-7,12-13H,8-11,14H2,1-4H3/b6-5+,19-7+. The second-order valence-corrected chi connectivity index (χ2v) is 4.98. The minimum atomic E-state index is 0.177. The monoisotopic (exact) mass is 337 g/mol. The van der Waals surface area contributed by atoms with Crippen LogP contribution in [0.15, 0.2) is 29.4 Å². The lowest BCUT2D eigenvalue weighted by atomic mass is 10.1. The number of allylic oxidation sites excluding steroid dienone is 1. The minimum absolute atomic E-state index is 0.177.